The Hall–Kier alpha value is -1.55. The maximum absolute atomic E-state index is 11.9. The second-order valence-electron chi connectivity index (χ2n) is 5.50. The van der Waals surface area contributed by atoms with Crippen LogP contribution in [0.4, 0.5) is 5.69 Å². The van der Waals surface area contributed by atoms with E-state index in [9.17, 15) is 4.79 Å². The molecule has 1 aliphatic rings. The summed E-state index contributed by atoms with van der Waals surface area (Å²) in [5.74, 6) is 0.468. The Morgan fingerprint density at radius 3 is 2.75 bits per heavy atom. The summed E-state index contributed by atoms with van der Waals surface area (Å²) >= 11 is 0. The molecule has 1 aromatic carbocycles. The number of rotatable bonds is 6. The SMILES string of the molecule is CCN(Cc1cccc(N)c1C(=O)OC)CC1CCC1. The molecule has 1 aliphatic carbocycles. The van der Waals surface area contributed by atoms with Crippen molar-refractivity contribution in [3.63, 3.8) is 0 Å². The number of benzene rings is 1. The van der Waals surface area contributed by atoms with Crippen molar-refractivity contribution >= 4 is 11.7 Å². The number of methoxy groups -OCH3 is 1. The minimum Gasteiger partial charge on any atom is -0.465 e. The third-order valence-electron chi connectivity index (χ3n) is 4.15. The fourth-order valence-corrected chi connectivity index (χ4v) is 2.69. The molecule has 0 heterocycles. The molecule has 0 unspecified atom stereocenters. The van der Waals surface area contributed by atoms with Gasteiger partial charge in [0.25, 0.3) is 0 Å². The lowest BCUT2D eigenvalue weighted by Gasteiger charge is -2.32. The summed E-state index contributed by atoms with van der Waals surface area (Å²) in [5.41, 5.74) is 7.90. The van der Waals surface area contributed by atoms with Crippen molar-refractivity contribution in [3.05, 3.63) is 29.3 Å². The van der Waals surface area contributed by atoms with E-state index in [-0.39, 0.29) is 5.97 Å². The van der Waals surface area contributed by atoms with Gasteiger partial charge in [-0.2, -0.15) is 0 Å². The number of hydrogen-bond acceptors (Lipinski definition) is 4. The maximum atomic E-state index is 11.9. The van der Waals surface area contributed by atoms with E-state index in [1.807, 2.05) is 12.1 Å². The topological polar surface area (TPSA) is 55.6 Å². The molecule has 2 rings (SSSR count). The van der Waals surface area contributed by atoms with Gasteiger partial charge in [-0.25, -0.2) is 4.79 Å². The smallest absolute Gasteiger partial charge is 0.340 e. The van der Waals surface area contributed by atoms with Gasteiger partial charge in [0.15, 0.2) is 0 Å². The van der Waals surface area contributed by atoms with Crippen LogP contribution in [-0.4, -0.2) is 31.1 Å². The molecule has 110 valence electrons. The van der Waals surface area contributed by atoms with Crippen LogP contribution in [-0.2, 0) is 11.3 Å². The third-order valence-corrected chi connectivity index (χ3v) is 4.15. The Morgan fingerprint density at radius 2 is 2.20 bits per heavy atom. The minimum atomic E-state index is -0.349. The molecule has 0 aromatic heterocycles. The van der Waals surface area contributed by atoms with E-state index in [0.29, 0.717) is 11.3 Å². The number of esters is 1. The van der Waals surface area contributed by atoms with Gasteiger partial charge in [0, 0.05) is 18.8 Å². The molecule has 0 spiro atoms. The zero-order valence-electron chi connectivity index (χ0n) is 12.4. The number of carbonyl (C=O) groups excluding carboxylic acids is 1. The van der Waals surface area contributed by atoms with Gasteiger partial charge in [-0.05, 0) is 36.9 Å². The molecular weight excluding hydrogens is 252 g/mol. The Morgan fingerprint density at radius 1 is 1.45 bits per heavy atom. The molecule has 4 heteroatoms. The molecule has 2 N–H and O–H groups in total. The molecule has 1 saturated carbocycles. The van der Waals surface area contributed by atoms with Crippen LogP contribution < -0.4 is 5.73 Å². The summed E-state index contributed by atoms with van der Waals surface area (Å²) in [7, 11) is 1.39. The van der Waals surface area contributed by atoms with E-state index in [0.717, 1.165) is 31.1 Å². The Balaban J connectivity index is 2.14. The van der Waals surface area contributed by atoms with Crippen molar-refractivity contribution in [2.24, 2.45) is 5.92 Å². The number of carbonyl (C=O) groups is 1. The number of nitrogens with zero attached hydrogens (tertiary/aromatic N) is 1. The average molecular weight is 276 g/mol. The minimum absolute atomic E-state index is 0.349. The largest absolute Gasteiger partial charge is 0.465 e. The zero-order valence-corrected chi connectivity index (χ0v) is 12.4. The Bertz CT molecular complexity index is 470. The summed E-state index contributed by atoms with van der Waals surface area (Å²) in [4.78, 5) is 14.3. The van der Waals surface area contributed by atoms with E-state index in [2.05, 4.69) is 11.8 Å². The van der Waals surface area contributed by atoms with Gasteiger partial charge in [-0.15, -0.1) is 0 Å². The van der Waals surface area contributed by atoms with Crippen molar-refractivity contribution in [1.29, 1.82) is 0 Å². The first-order valence-electron chi connectivity index (χ1n) is 7.33. The van der Waals surface area contributed by atoms with Crippen molar-refractivity contribution in [1.82, 2.24) is 4.90 Å². The lowest BCUT2D eigenvalue weighted by Crippen LogP contribution is -2.32. The third kappa shape index (κ3) is 3.31. The molecule has 1 aromatic rings. The molecule has 0 bridgehead atoms. The second kappa shape index (κ2) is 6.75. The van der Waals surface area contributed by atoms with E-state index < -0.39 is 0 Å². The van der Waals surface area contributed by atoms with Crippen molar-refractivity contribution in [2.75, 3.05) is 25.9 Å². The average Bonchev–Trinajstić information content (AvgIpc) is 2.40. The number of hydrogen-bond donors (Lipinski definition) is 1. The van der Waals surface area contributed by atoms with E-state index in [4.69, 9.17) is 10.5 Å². The molecule has 0 atom stereocenters. The highest BCUT2D eigenvalue weighted by atomic mass is 16.5. The standard InChI is InChI=1S/C16H24N2O2/c1-3-18(10-12-6-4-7-12)11-13-8-5-9-14(17)15(13)16(19)20-2/h5,8-9,12H,3-4,6-7,10-11,17H2,1-2H3. The first-order valence-corrected chi connectivity index (χ1v) is 7.33. The molecule has 0 radical (unpaired) electrons. The van der Waals surface area contributed by atoms with Crippen LogP contribution in [0.5, 0.6) is 0 Å². The predicted molar refractivity (Wildman–Crippen MR) is 80.5 cm³/mol. The summed E-state index contributed by atoms with van der Waals surface area (Å²) < 4.78 is 4.85. The van der Waals surface area contributed by atoms with Gasteiger partial charge in [0.05, 0.1) is 12.7 Å². The molecular formula is C16H24N2O2. The van der Waals surface area contributed by atoms with Crippen LogP contribution in [0.25, 0.3) is 0 Å². The number of ether oxygens (including phenoxy) is 1. The van der Waals surface area contributed by atoms with Crippen LogP contribution in [0.15, 0.2) is 18.2 Å². The lowest BCUT2D eigenvalue weighted by atomic mass is 9.85. The van der Waals surface area contributed by atoms with Crippen molar-refractivity contribution in [3.8, 4) is 0 Å². The lowest BCUT2D eigenvalue weighted by molar-refractivity contribution is 0.0599. The summed E-state index contributed by atoms with van der Waals surface area (Å²) in [6.07, 6.45) is 4.02. The first kappa shape index (κ1) is 14.9. The van der Waals surface area contributed by atoms with Crippen molar-refractivity contribution < 1.29 is 9.53 Å². The second-order valence-corrected chi connectivity index (χ2v) is 5.50. The van der Waals surface area contributed by atoms with Gasteiger partial charge in [0.2, 0.25) is 0 Å². The molecule has 20 heavy (non-hydrogen) atoms. The molecule has 0 aliphatic heterocycles. The van der Waals surface area contributed by atoms with Crippen LogP contribution in [0, 0.1) is 5.92 Å². The van der Waals surface area contributed by atoms with Gasteiger partial charge in [-0.1, -0.05) is 25.5 Å². The van der Waals surface area contributed by atoms with Gasteiger partial charge >= 0.3 is 5.97 Å². The zero-order chi connectivity index (χ0) is 14.5. The van der Waals surface area contributed by atoms with Crippen molar-refractivity contribution in [2.45, 2.75) is 32.7 Å². The van der Waals surface area contributed by atoms with E-state index >= 15 is 0 Å². The molecule has 1 fully saturated rings. The quantitative estimate of drug-likeness (QED) is 0.641. The number of nitrogens with two attached hydrogens (primary N) is 1. The summed E-state index contributed by atoms with van der Waals surface area (Å²) in [6, 6.07) is 5.61. The highest BCUT2D eigenvalue weighted by molar-refractivity contribution is 5.96. The van der Waals surface area contributed by atoms with Gasteiger partial charge in [0.1, 0.15) is 0 Å². The highest BCUT2D eigenvalue weighted by Gasteiger charge is 2.22. The van der Waals surface area contributed by atoms with Crippen LogP contribution >= 0.6 is 0 Å². The maximum Gasteiger partial charge on any atom is 0.340 e. The fourth-order valence-electron chi connectivity index (χ4n) is 2.69. The molecule has 0 amide bonds. The van der Waals surface area contributed by atoms with Crippen LogP contribution in [0.2, 0.25) is 0 Å². The Labute approximate surface area is 120 Å². The molecule has 0 saturated heterocycles. The Kier molecular flexibility index (Phi) is 5.01. The monoisotopic (exact) mass is 276 g/mol. The molecule has 4 nitrogen and oxygen atoms in total. The first-order chi connectivity index (χ1) is 9.65. The highest BCUT2D eigenvalue weighted by Crippen LogP contribution is 2.28. The number of nitrogen functional groups attached to an aromatic ring is 1. The number of anilines is 1. The summed E-state index contributed by atoms with van der Waals surface area (Å²) in [5, 5.41) is 0. The van der Waals surface area contributed by atoms with E-state index in [1.165, 1.54) is 26.4 Å². The normalized spacial score (nSPS) is 15.2. The fraction of sp³-hybridized carbons (Fsp3) is 0.562. The van der Waals surface area contributed by atoms with E-state index in [1.54, 1.807) is 6.07 Å². The predicted octanol–water partition coefficient (Wildman–Crippen LogP) is 2.68. The van der Waals surface area contributed by atoms with Gasteiger partial charge < -0.3 is 10.5 Å². The van der Waals surface area contributed by atoms with Gasteiger partial charge in [-0.3, -0.25) is 4.90 Å². The van der Waals surface area contributed by atoms with Crippen LogP contribution in [0.3, 0.4) is 0 Å². The summed E-state index contributed by atoms with van der Waals surface area (Å²) in [6.45, 7) is 4.99. The van der Waals surface area contributed by atoms with Crippen LogP contribution in [0.1, 0.15) is 42.1 Å².